The van der Waals surface area contributed by atoms with Gasteiger partial charge in [0.15, 0.2) is 0 Å². The molecule has 2 aromatic rings. The van der Waals surface area contributed by atoms with E-state index < -0.39 is 11.9 Å². The van der Waals surface area contributed by atoms with Crippen LogP contribution in [-0.2, 0) is 14.9 Å². The van der Waals surface area contributed by atoms with Gasteiger partial charge in [0.1, 0.15) is 17.1 Å². The number of carbonyl (C=O) groups is 2. The second-order valence-corrected chi connectivity index (χ2v) is 9.28. The second kappa shape index (κ2) is 9.69. The molecule has 0 saturated heterocycles. The molecule has 0 heterocycles. The Morgan fingerprint density at radius 2 is 1.68 bits per heavy atom. The second-order valence-electron chi connectivity index (χ2n) is 9.28. The van der Waals surface area contributed by atoms with Crippen molar-refractivity contribution in [3.8, 4) is 11.5 Å². The Morgan fingerprint density at radius 1 is 1.03 bits per heavy atom. The van der Waals surface area contributed by atoms with Gasteiger partial charge in [-0.05, 0) is 53.1 Å². The predicted octanol–water partition coefficient (Wildman–Crippen LogP) is 5.42. The van der Waals surface area contributed by atoms with Crippen LogP contribution < -0.4 is 10.1 Å². The highest BCUT2D eigenvalue weighted by Crippen LogP contribution is 2.36. The number of anilines is 1. The molecule has 166 valence electrons. The van der Waals surface area contributed by atoms with Crippen LogP contribution in [0.4, 0.5) is 5.69 Å². The molecule has 0 saturated carbocycles. The number of amides is 1. The molecule has 0 aliphatic rings. The lowest BCUT2D eigenvalue weighted by Crippen LogP contribution is -2.24. The maximum absolute atomic E-state index is 12.1. The number of nitrogens with one attached hydrogen (secondary N) is 1. The highest BCUT2D eigenvalue weighted by atomic mass is 16.5. The maximum Gasteiger partial charge on any atom is 0.341 e. The SMILES string of the molecule is COC(=O)c1cc(NC(=O)C=COc2ccc(C(C)(C)CC(C)(C)C)cc2)ccc1O. The van der Waals surface area contributed by atoms with Crippen LogP contribution in [0, 0.1) is 5.41 Å². The van der Waals surface area contributed by atoms with Gasteiger partial charge in [-0.3, -0.25) is 4.79 Å². The molecule has 6 nitrogen and oxygen atoms in total. The van der Waals surface area contributed by atoms with E-state index in [2.05, 4.69) is 44.7 Å². The molecule has 0 aliphatic heterocycles. The minimum atomic E-state index is -0.693. The monoisotopic (exact) mass is 425 g/mol. The fraction of sp³-hybridized carbons (Fsp3) is 0.360. The molecular formula is C25H31NO5. The van der Waals surface area contributed by atoms with E-state index in [4.69, 9.17) is 4.74 Å². The number of hydrogen-bond donors (Lipinski definition) is 2. The third-order valence-electron chi connectivity index (χ3n) is 4.70. The Bertz CT molecular complexity index is 953. The number of carbonyl (C=O) groups excluding carboxylic acids is 2. The van der Waals surface area contributed by atoms with Crippen LogP contribution in [0.1, 0.15) is 57.0 Å². The van der Waals surface area contributed by atoms with Crippen molar-refractivity contribution in [2.75, 3.05) is 12.4 Å². The highest BCUT2D eigenvalue weighted by Gasteiger charge is 2.27. The van der Waals surface area contributed by atoms with Crippen molar-refractivity contribution < 1.29 is 24.2 Å². The zero-order chi connectivity index (χ0) is 23.2. The number of aromatic hydroxyl groups is 1. The van der Waals surface area contributed by atoms with E-state index in [1.807, 2.05) is 24.3 Å². The molecule has 2 rings (SSSR count). The Balaban J connectivity index is 1.97. The molecule has 2 N–H and O–H groups in total. The third kappa shape index (κ3) is 7.17. The number of phenolic OH excluding ortho intramolecular Hbond substituents is 1. The van der Waals surface area contributed by atoms with E-state index in [-0.39, 0.29) is 22.1 Å². The van der Waals surface area contributed by atoms with Crippen molar-refractivity contribution in [2.24, 2.45) is 5.41 Å². The zero-order valence-corrected chi connectivity index (χ0v) is 19.0. The number of esters is 1. The number of benzene rings is 2. The molecule has 6 heteroatoms. The van der Waals surface area contributed by atoms with E-state index in [1.165, 1.54) is 43.2 Å². The van der Waals surface area contributed by atoms with Gasteiger partial charge in [-0.25, -0.2) is 4.79 Å². The molecular weight excluding hydrogens is 394 g/mol. The van der Waals surface area contributed by atoms with Gasteiger partial charge >= 0.3 is 5.97 Å². The lowest BCUT2D eigenvalue weighted by molar-refractivity contribution is -0.112. The summed E-state index contributed by atoms with van der Waals surface area (Å²) < 4.78 is 10.1. The molecule has 2 aromatic carbocycles. The first-order chi connectivity index (χ1) is 14.4. The van der Waals surface area contributed by atoms with Gasteiger partial charge in [-0.2, -0.15) is 0 Å². The number of phenols is 1. The van der Waals surface area contributed by atoms with Crippen molar-refractivity contribution in [1.82, 2.24) is 0 Å². The van der Waals surface area contributed by atoms with Crippen LogP contribution in [0.5, 0.6) is 11.5 Å². The van der Waals surface area contributed by atoms with Gasteiger partial charge in [-0.15, -0.1) is 0 Å². The van der Waals surface area contributed by atoms with Crippen LogP contribution in [-0.4, -0.2) is 24.1 Å². The number of ether oxygens (including phenoxy) is 2. The summed E-state index contributed by atoms with van der Waals surface area (Å²) in [5.41, 5.74) is 1.81. The minimum absolute atomic E-state index is 0.0324. The first kappa shape index (κ1) is 24.0. The first-order valence-corrected chi connectivity index (χ1v) is 10.1. The number of hydrogen-bond acceptors (Lipinski definition) is 5. The van der Waals surface area contributed by atoms with Gasteiger partial charge < -0.3 is 19.9 Å². The molecule has 0 atom stereocenters. The first-order valence-electron chi connectivity index (χ1n) is 10.1. The standard InChI is InChI=1S/C25H31NO5/c1-24(2,3)16-25(4,5)17-7-10-19(11-8-17)31-14-13-22(28)26-18-9-12-21(27)20(15-18)23(29)30-6/h7-15,27H,16H2,1-6H3,(H,26,28). The zero-order valence-electron chi connectivity index (χ0n) is 19.0. The van der Waals surface area contributed by atoms with E-state index in [9.17, 15) is 14.7 Å². The van der Waals surface area contributed by atoms with Gasteiger partial charge in [-0.1, -0.05) is 46.8 Å². The Kier molecular flexibility index (Phi) is 7.50. The Hall–Kier alpha value is -3.28. The van der Waals surface area contributed by atoms with Gasteiger partial charge in [0.05, 0.1) is 13.4 Å². The molecule has 0 radical (unpaired) electrons. The quantitative estimate of drug-likeness (QED) is 0.268. The molecule has 0 spiro atoms. The summed E-state index contributed by atoms with van der Waals surface area (Å²) in [6.07, 6.45) is 3.59. The largest absolute Gasteiger partial charge is 0.507 e. The normalized spacial score (nSPS) is 11.9. The molecule has 0 fully saturated rings. The lowest BCUT2D eigenvalue weighted by Gasteiger charge is -2.33. The Labute approximate surface area is 183 Å². The lowest BCUT2D eigenvalue weighted by atomic mass is 9.72. The summed E-state index contributed by atoms with van der Waals surface area (Å²) in [7, 11) is 1.21. The topological polar surface area (TPSA) is 84.9 Å². The van der Waals surface area contributed by atoms with E-state index in [0.29, 0.717) is 11.4 Å². The van der Waals surface area contributed by atoms with Crippen molar-refractivity contribution in [1.29, 1.82) is 0 Å². The Morgan fingerprint density at radius 3 is 2.26 bits per heavy atom. The molecule has 0 unspecified atom stereocenters. The molecule has 1 amide bonds. The summed E-state index contributed by atoms with van der Waals surface area (Å²) in [4.78, 5) is 23.7. The van der Waals surface area contributed by atoms with Gasteiger partial charge in [0.25, 0.3) is 5.91 Å². The fourth-order valence-electron chi connectivity index (χ4n) is 3.66. The molecule has 0 bridgehead atoms. The van der Waals surface area contributed by atoms with Crippen LogP contribution in [0.15, 0.2) is 54.8 Å². The molecule has 0 aromatic heterocycles. The average molecular weight is 426 g/mol. The maximum atomic E-state index is 12.1. The highest BCUT2D eigenvalue weighted by molar-refractivity contribution is 6.00. The van der Waals surface area contributed by atoms with Crippen molar-refractivity contribution in [2.45, 2.75) is 46.5 Å². The predicted molar refractivity (Wildman–Crippen MR) is 121 cm³/mol. The summed E-state index contributed by atoms with van der Waals surface area (Å²) in [5, 5.41) is 12.3. The summed E-state index contributed by atoms with van der Waals surface area (Å²) in [6, 6.07) is 12.0. The minimum Gasteiger partial charge on any atom is -0.507 e. The van der Waals surface area contributed by atoms with Crippen molar-refractivity contribution in [3.05, 3.63) is 65.9 Å². The summed E-state index contributed by atoms with van der Waals surface area (Å²) >= 11 is 0. The van der Waals surface area contributed by atoms with Crippen LogP contribution in [0.25, 0.3) is 0 Å². The smallest absolute Gasteiger partial charge is 0.341 e. The van der Waals surface area contributed by atoms with E-state index >= 15 is 0 Å². The van der Waals surface area contributed by atoms with E-state index in [0.717, 1.165) is 6.42 Å². The van der Waals surface area contributed by atoms with Crippen molar-refractivity contribution in [3.63, 3.8) is 0 Å². The van der Waals surface area contributed by atoms with Crippen LogP contribution in [0.2, 0.25) is 0 Å². The van der Waals surface area contributed by atoms with E-state index in [1.54, 1.807) is 0 Å². The third-order valence-corrected chi connectivity index (χ3v) is 4.70. The molecule has 0 aliphatic carbocycles. The fourth-order valence-corrected chi connectivity index (χ4v) is 3.66. The summed E-state index contributed by atoms with van der Waals surface area (Å²) in [5.74, 6) is -0.735. The van der Waals surface area contributed by atoms with Gasteiger partial charge in [0.2, 0.25) is 0 Å². The van der Waals surface area contributed by atoms with Gasteiger partial charge in [0, 0.05) is 11.8 Å². The number of methoxy groups -OCH3 is 1. The van der Waals surface area contributed by atoms with Crippen LogP contribution >= 0.6 is 0 Å². The summed E-state index contributed by atoms with van der Waals surface area (Å²) in [6.45, 7) is 11.2. The average Bonchev–Trinajstić information content (AvgIpc) is 2.67. The van der Waals surface area contributed by atoms with Crippen LogP contribution in [0.3, 0.4) is 0 Å². The molecule has 31 heavy (non-hydrogen) atoms. The number of rotatable bonds is 7. The van der Waals surface area contributed by atoms with Crippen molar-refractivity contribution >= 4 is 17.6 Å².